The van der Waals surface area contributed by atoms with E-state index < -0.39 is 6.04 Å². The van der Waals surface area contributed by atoms with Crippen LogP contribution < -0.4 is 5.32 Å². The molecule has 23 heavy (non-hydrogen) atoms. The number of amides is 1. The molecule has 5 heteroatoms. The van der Waals surface area contributed by atoms with Gasteiger partial charge >= 0.3 is 5.97 Å². The molecule has 0 spiro atoms. The monoisotopic (exact) mass is 333 g/mol. The number of carbonyl (C=O) groups is 2. The molecule has 0 aliphatic heterocycles. The molecule has 5 rings (SSSR count). The lowest BCUT2D eigenvalue weighted by atomic mass is 9.47. The first kappa shape index (κ1) is 15.2. The molecule has 4 aliphatic rings. The molecule has 1 heterocycles. The van der Waals surface area contributed by atoms with Crippen LogP contribution in [0.5, 0.6) is 0 Å². The average molecular weight is 333 g/mol. The Balaban J connectivity index is 1.61. The summed E-state index contributed by atoms with van der Waals surface area (Å²) in [5.74, 6) is 1.76. The van der Waals surface area contributed by atoms with Gasteiger partial charge in [-0.05, 0) is 67.7 Å². The molecule has 4 fully saturated rings. The van der Waals surface area contributed by atoms with Crippen LogP contribution >= 0.6 is 11.3 Å². The molecule has 124 valence electrons. The third-order valence-corrected chi connectivity index (χ3v) is 7.02. The second-order valence-corrected chi connectivity index (χ2v) is 8.63. The van der Waals surface area contributed by atoms with Gasteiger partial charge in [-0.1, -0.05) is 6.07 Å². The minimum atomic E-state index is -0.504. The molecule has 4 saturated carbocycles. The van der Waals surface area contributed by atoms with Gasteiger partial charge in [-0.15, -0.1) is 11.3 Å². The third kappa shape index (κ3) is 2.59. The molecule has 4 bridgehead atoms. The number of carbonyl (C=O) groups excluding carboxylic acids is 2. The van der Waals surface area contributed by atoms with Crippen molar-refractivity contribution in [3.05, 3.63) is 22.4 Å². The Morgan fingerprint density at radius 3 is 2.30 bits per heavy atom. The lowest BCUT2D eigenvalue weighted by molar-refractivity contribution is -0.154. The first-order valence-electron chi connectivity index (χ1n) is 8.52. The van der Waals surface area contributed by atoms with E-state index in [9.17, 15) is 9.59 Å². The average Bonchev–Trinajstić information content (AvgIpc) is 3.04. The van der Waals surface area contributed by atoms with Crippen LogP contribution in [0.25, 0.3) is 0 Å². The van der Waals surface area contributed by atoms with Gasteiger partial charge in [-0.25, -0.2) is 4.79 Å². The minimum Gasteiger partial charge on any atom is -0.467 e. The number of rotatable bonds is 4. The molecule has 4 aliphatic carbocycles. The van der Waals surface area contributed by atoms with E-state index in [1.54, 1.807) is 6.07 Å². The fourth-order valence-electron chi connectivity index (χ4n) is 5.72. The Kier molecular flexibility index (Phi) is 3.71. The number of esters is 1. The van der Waals surface area contributed by atoms with Crippen LogP contribution in [0.2, 0.25) is 0 Å². The highest BCUT2D eigenvalue weighted by atomic mass is 32.1. The maximum Gasteiger partial charge on any atom is 0.328 e. The molecule has 1 aromatic heterocycles. The molecular weight excluding hydrogens is 310 g/mol. The quantitative estimate of drug-likeness (QED) is 0.861. The van der Waals surface area contributed by atoms with Crippen molar-refractivity contribution < 1.29 is 14.3 Å². The van der Waals surface area contributed by atoms with Gasteiger partial charge < -0.3 is 10.1 Å². The van der Waals surface area contributed by atoms with Crippen LogP contribution in [0.4, 0.5) is 0 Å². The van der Waals surface area contributed by atoms with Crippen LogP contribution in [0, 0.1) is 23.2 Å². The number of hydrogen-bond acceptors (Lipinski definition) is 4. The zero-order chi connectivity index (χ0) is 16.0. The van der Waals surface area contributed by atoms with Crippen molar-refractivity contribution in [2.45, 2.75) is 44.6 Å². The summed E-state index contributed by atoms with van der Waals surface area (Å²) in [6.45, 7) is 0. The van der Waals surface area contributed by atoms with Gasteiger partial charge in [-0.2, -0.15) is 0 Å². The zero-order valence-corrected chi connectivity index (χ0v) is 14.2. The molecule has 0 aromatic carbocycles. The van der Waals surface area contributed by atoms with E-state index in [1.165, 1.54) is 37.7 Å². The molecule has 1 aromatic rings. The summed E-state index contributed by atoms with van der Waals surface area (Å²) in [4.78, 5) is 25.7. The SMILES string of the molecule is COC(=O)[C@@H](NC(=O)c1cccs1)C12CC3CC(CC(C3)C1)C2. The maximum absolute atomic E-state index is 12.5. The van der Waals surface area contributed by atoms with Crippen molar-refractivity contribution in [2.75, 3.05) is 7.11 Å². The first-order valence-corrected chi connectivity index (χ1v) is 9.40. The van der Waals surface area contributed by atoms with Crippen molar-refractivity contribution in [1.82, 2.24) is 5.32 Å². The second-order valence-electron chi connectivity index (χ2n) is 7.69. The molecular formula is C18H23NO3S. The predicted octanol–water partition coefficient (Wildman–Crippen LogP) is 3.24. The van der Waals surface area contributed by atoms with Crippen LogP contribution in [0.15, 0.2) is 17.5 Å². The summed E-state index contributed by atoms with van der Waals surface area (Å²) in [6, 6.07) is 3.15. The van der Waals surface area contributed by atoms with Gasteiger partial charge in [0.15, 0.2) is 0 Å². The summed E-state index contributed by atoms with van der Waals surface area (Å²) in [5.41, 5.74) is -0.0885. The summed E-state index contributed by atoms with van der Waals surface area (Å²) >= 11 is 1.41. The minimum absolute atomic E-state index is 0.0885. The predicted molar refractivity (Wildman–Crippen MR) is 88.2 cm³/mol. The number of hydrogen-bond donors (Lipinski definition) is 1. The van der Waals surface area contributed by atoms with Crippen LogP contribution in [0.1, 0.15) is 48.2 Å². The van der Waals surface area contributed by atoms with Crippen LogP contribution in [-0.2, 0) is 9.53 Å². The Labute approximate surface area is 140 Å². The highest BCUT2D eigenvalue weighted by Crippen LogP contribution is 2.61. The lowest BCUT2D eigenvalue weighted by Crippen LogP contribution is -2.60. The first-order chi connectivity index (χ1) is 11.1. The molecule has 1 N–H and O–H groups in total. The van der Waals surface area contributed by atoms with Crippen molar-refractivity contribution in [3.63, 3.8) is 0 Å². The normalized spacial score (nSPS) is 35.8. The van der Waals surface area contributed by atoms with Gasteiger partial charge in [0.1, 0.15) is 6.04 Å². The Morgan fingerprint density at radius 1 is 1.22 bits per heavy atom. The van der Waals surface area contributed by atoms with E-state index in [2.05, 4.69) is 5.32 Å². The van der Waals surface area contributed by atoms with Gasteiger partial charge in [-0.3, -0.25) is 4.79 Å². The summed E-state index contributed by atoms with van der Waals surface area (Å²) in [7, 11) is 1.42. The van der Waals surface area contributed by atoms with Gasteiger partial charge in [0.05, 0.1) is 12.0 Å². The van der Waals surface area contributed by atoms with Crippen LogP contribution in [-0.4, -0.2) is 25.0 Å². The van der Waals surface area contributed by atoms with Gasteiger partial charge in [0, 0.05) is 5.41 Å². The van der Waals surface area contributed by atoms with E-state index in [0.29, 0.717) is 4.88 Å². The standard InChI is InChI=1S/C18H23NO3S/c1-22-17(21)15(19-16(20)14-3-2-4-23-14)18-8-11-5-12(9-18)7-13(6-11)10-18/h2-4,11-13,15H,5-10H2,1H3,(H,19,20)/t11?,12?,13?,15-,18?/m1/s1. The van der Waals surface area contributed by atoms with E-state index in [4.69, 9.17) is 4.74 Å². The zero-order valence-electron chi connectivity index (χ0n) is 13.4. The fraction of sp³-hybridized carbons (Fsp3) is 0.667. The highest BCUT2D eigenvalue weighted by Gasteiger charge is 2.56. The van der Waals surface area contributed by atoms with E-state index >= 15 is 0 Å². The summed E-state index contributed by atoms with van der Waals surface area (Å²) in [5, 5.41) is 4.91. The summed E-state index contributed by atoms with van der Waals surface area (Å²) in [6.07, 6.45) is 7.11. The van der Waals surface area contributed by atoms with E-state index in [1.807, 2.05) is 11.4 Å². The Hall–Kier alpha value is -1.36. The highest BCUT2D eigenvalue weighted by molar-refractivity contribution is 7.12. The van der Waals surface area contributed by atoms with Crippen molar-refractivity contribution >= 4 is 23.2 Å². The van der Waals surface area contributed by atoms with Gasteiger partial charge in [0.25, 0.3) is 5.91 Å². The van der Waals surface area contributed by atoms with Crippen molar-refractivity contribution in [3.8, 4) is 0 Å². The fourth-order valence-corrected chi connectivity index (χ4v) is 6.35. The Bertz CT molecular complexity index is 575. The topological polar surface area (TPSA) is 55.4 Å². The third-order valence-electron chi connectivity index (χ3n) is 6.16. The summed E-state index contributed by atoms with van der Waals surface area (Å²) < 4.78 is 5.07. The molecule has 0 saturated heterocycles. The van der Waals surface area contributed by atoms with Gasteiger partial charge in [0.2, 0.25) is 0 Å². The Morgan fingerprint density at radius 2 is 1.83 bits per heavy atom. The number of nitrogens with one attached hydrogen (secondary N) is 1. The number of thiophene rings is 1. The van der Waals surface area contributed by atoms with Crippen molar-refractivity contribution in [2.24, 2.45) is 23.2 Å². The van der Waals surface area contributed by atoms with Crippen molar-refractivity contribution in [1.29, 1.82) is 0 Å². The smallest absolute Gasteiger partial charge is 0.328 e. The molecule has 0 unspecified atom stereocenters. The maximum atomic E-state index is 12.5. The van der Waals surface area contributed by atoms with Crippen LogP contribution in [0.3, 0.4) is 0 Å². The second kappa shape index (κ2) is 5.62. The molecule has 1 atom stereocenters. The number of methoxy groups -OCH3 is 1. The largest absolute Gasteiger partial charge is 0.467 e. The van der Waals surface area contributed by atoms with E-state index in [0.717, 1.165) is 37.0 Å². The molecule has 0 radical (unpaired) electrons. The number of ether oxygens (including phenoxy) is 1. The van der Waals surface area contributed by atoms with E-state index in [-0.39, 0.29) is 17.3 Å². The molecule has 4 nitrogen and oxygen atoms in total. The lowest BCUT2D eigenvalue weighted by Gasteiger charge is -2.58. The molecule has 1 amide bonds.